The molecule has 1 fully saturated rings. The van der Waals surface area contributed by atoms with Gasteiger partial charge < -0.3 is 15.8 Å². The Kier molecular flexibility index (Phi) is 6.94. The van der Waals surface area contributed by atoms with Gasteiger partial charge in [0, 0.05) is 32.2 Å². The first kappa shape index (κ1) is 18.2. The predicted molar refractivity (Wildman–Crippen MR) is 86.2 cm³/mol. The highest BCUT2D eigenvalue weighted by Gasteiger charge is 2.26. The van der Waals surface area contributed by atoms with Crippen LogP contribution in [-0.4, -0.2) is 48.8 Å². The summed E-state index contributed by atoms with van der Waals surface area (Å²) < 4.78 is 5.24. The Labute approximate surface area is 129 Å². The van der Waals surface area contributed by atoms with E-state index in [4.69, 9.17) is 10.5 Å². The zero-order valence-electron chi connectivity index (χ0n) is 14.3. The molecule has 124 valence electrons. The first-order valence-electron chi connectivity index (χ1n) is 8.12. The Morgan fingerprint density at radius 3 is 2.38 bits per heavy atom. The lowest BCUT2D eigenvalue weighted by atomic mass is 9.90. The van der Waals surface area contributed by atoms with E-state index in [0.717, 1.165) is 31.3 Å². The van der Waals surface area contributed by atoms with Gasteiger partial charge in [-0.25, -0.2) is 4.79 Å². The molecule has 0 radical (unpaired) electrons. The molecule has 21 heavy (non-hydrogen) atoms. The molecule has 0 aromatic heterocycles. The molecule has 3 unspecified atom stereocenters. The maximum Gasteiger partial charge on any atom is 0.407 e. The molecule has 1 rings (SSSR count). The van der Waals surface area contributed by atoms with E-state index in [2.05, 4.69) is 24.1 Å². The molecular weight excluding hydrogens is 266 g/mol. The number of piperidine rings is 1. The normalized spacial score (nSPS) is 25.4. The van der Waals surface area contributed by atoms with Crippen molar-refractivity contribution in [2.75, 3.05) is 26.2 Å². The Morgan fingerprint density at radius 1 is 1.33 bits per heavy atom. The van der Waals surface area contributed by atoms with Crippen LogP contribution >= 0.6 is 0 Å². The van der Waals surface area contributed by atoms with Gasteiger partial charge in [-0.05, 0) is 45.4 Å². The number of amides is 1. The highest BCUT2D eigenvalue weighted by Crippen LogP contribution is 2.23. The summed E-state index contributed by atoms with van der Waals surface area (Å²) in [5.41, 5.74) is 5.48. The average molecular weight is 299 g/mol. The lowest BCUT2D eigenvalue weighted by Crippen LogP contribution is -2.49. The van der Waals surface area contributed by atoms with Gasteiger partial charge in [-0.1, -0.05) is 13.8 Å². The minimum atomic E-state index is -0.449. The van der Waals surface area contributed by atoms with Crippen molar-refractivity contribution in [3.05, 3.63) is 0 Å². The molecule has 5 nitrogen and oxygen atoms in total. The third-order valence-electron chi connectivity index (χ3n) is 3.83. The van der Waals surface area contributed by atoms with Gasteiger partial charge in [-0.15, -0.1) is 0 Å². The van der Waals surface area contributed by atoms with Crippen molar-refractivity contribution in [3.8, 4) is 0 Å². The maximum atomic E-state index is 11.6. The van der Waals surface area contributed by atoms with E-state index < -0.39 is 5.60 Å². The summed E-state index contributed by atoms with van der Waals surface area (Å²) in [4.78, 5) is 14.1. The minimum Gasteiger partial charge on any atom is -0.444 e. The number of rotatable bonds is 5. The zero-order valence-corrected chi connectivity index (χ0v) is 14.3. The Hall–Kier alpha value is -0.810. The van der Waals surface area contributed by atoms with E-state index in [0.29, 0.717) is 19.1 Å². The van der Waals surface area contributed by atoms with Crippen molar-refractivity contribution in [1.29, 1.82) is 0 Å². The molecule has 1 amide bonds. The summed E-state index contributed by atoms with van der Waals surface area (Å²) in [7, 11) is 0. The highest BCUT2D eigenvalue weighted by molar-refractivity contribution is 5.67. The molecule has 3 N–H and O–H groups in total. The van der Waals surface area contributed by atoms with Crippen LogP contribution in [0.25, 0.3) is 0 Å². The summed E-state index contributed by atoms with van der Waals surface area (Å²) in [6.07, 6.45) is 1.82. The van der Waals surface area contributed by atoms with Crippen molar-refractivity contribution in [1.82, 2.24) is 10.2 Å². The van der Waals surface area contributed by atoms with Crippen LogP contribution in [0.5, 0.6) is 0 Å². The fourth-order valence-corrected chi connectivity index (χ4v) is 3.11. The molecule has 0 aromatic rings. The molecule has 0 spiro atoms. The molecule has 3 atom stereocenters. The summed E-state index contributed by atoms with van der Waals surface area (Å²) in [6.45, 7) is 13.7. The largest absolute Gasteiger partial charge is 0.444 e. The second kappa shape index (κ2) is 7.99. The number of nitrogens with one attached hydrogen (secondary N) is 1. The van der Waals surface area contributed by atoms with Crippen molar-refractivity contribution in [2.45, 2.75) is 59.1 Å². The molecule has 1 aliphatic heterocycles. The van der Waals surface area contributed by atoms with Crippen LogP contribution in [0.3, 0.4) is 0 Å². The van der Waals surface area contributed by atoms with E-state index in [1.54, 1.807) is 0 Å². The van der Waals surface area contributed by atoms with Gasteiger partial charge >= 0.3 is 6.09 Å². The van der Waals surface area contributed by atoms with Crippen LogP contribution in [0.2, 0.25) is 0 Å². The second-order valence-corrected chi connectivity index (χ2v) is 7.51. The standard InChI is InChI=1S/C16H33N3O2/c1-12-8-13(2)11-19(10-12)14(9-17)6-7-18-15(20)21-16(3,4)5/h12-14H,6-11,17H2,1-5H3,(H,18,20). The van der Waals surface area contributed by atoms with Crippen LogP contribution < -0.4 is 11.1 Å². The van der Waals surface area contributed by atoms with Gasteiger partial charge in [0.2, 0.25) is 0 Å². The van der Waals surface area contributed by atoms with E-state index in [1.807, 2.05) is 20.8 Å². The average Bonchev–Trinajstić information content (AvgIpc) is 2.31. The maximum absolute atomic E-state index is 11.6. The molecule has 0 aliphatic carbocycles. The van der Waals surface area contributed by atoms with Crippen molar-refractivity contribution in [2.24, 2.45) is 17.6 Å². The molecule has 1 saturated heterocycles. The number of nitrogens with two attached hydrogens (primary N) is 1. The second-order valence-electron chi connectivity index (χ2n) is 7.51. The number of nitrogens with zero attached hydrogens (tertiary/aromatic N) is 1. The number of carbonyl (C=O) groups is 1. The van der Waals surface area contributed by atoms with E-state index in [1.165, 1.54) is 6.42 Å². The Morgan fingerprint density at radius 2 is 1.90 bits per heavy atom. The fraction of sp³-hybridized carbons (Fsp3) is 0.938. The van der Waals surface area contributed by atoms with Crippen molar-refractivity contribution < 1.29 is 9.53 Å². The summed E-state index contributed by atoms with van der Waals surface area (Å²) in [6, 6.07) is 0.338. The van der Waals surface area contributed by atoms with Crippen LogP contribution in [0, 0.1) is 11.8 Å². The summed E-state index contributed by atoms with van der Waals surface area (Å²) in [5.74, 6) is 1.45. The fourth-order valence-electron chi connectivity index (χ4n) is 3.11. The zero-order chi connectivity index (χ0) is 16.0. The highest BCUT2D eigenvalue weighted by atomic mass is 16.6. The number of ether oxygens (including phenoxy) is 1. The first-order valence-corrected chi connectivity index (χ1v) is 8.12. The third-order valence-corrected chi connectivity index (χ3v) is 3.83. The molecule has 0 aromatic carbocycles. The third kappa shape index (κ3) is 7.14. The molecule has 1 heterocycles. The van der Waals surface area contributed by atoms with Gasteiger partial charge in [0.25, 0.3) is 0 Å². The van der Waals surface area contributed by atoms with Crippen molar-refractivity contribution in [3.63, 3.8) is 0 Å². The van der Waals surface area contributed by atoms with E-state index in [-0.39, 0.29) is 6.09 Å². The lowest BCUT2D eigenvalue weighted by Gasteiger charge is -2.39. The molecule has 0 saturated carbocycles. The van der Waals surface area contributed by atoms with Crippen LogP contribution in [-0.2, 0) is 4.74 Å². The SMILES string of the molecule is CC1CC(C)CN(C(CN)CCNC(=O)OC(C)(C)C)C1. The van der Waals surface area contributed by atoms with E-state index >= 15 is 0 Å². The van der Waals surface area contributed by atoms with Gasteiger partial charge in [0.1, 0.15) is 5.60 Å². The molecule has 1 aliphatic rings. The number of hydrogen-bond donors (Lipinski definition) is 2. The molecular formula is C16H33N3O2. The smallest absolute Gasteiger partial charge is 0.407 e. The van der Waals surface area contributed by atoms with Crippen LogP contribution in [0.1, 0.15) is 47.5 Å². The Balaban J connectivity index is 2.35. The monoisotopic (exact) mass is 299 g/mol. The van der Waals surface area contributed by atoms with Gasteiger partial charge in [-0.3, -0.25) is 4.90 Å². The molecule has 0 bridgehead atoms. The number of carbonyl (C=O) groups excluding carboxylic acids is 1. The van der Waals surface area contributed by atoms with Gasteiger partial charge in [-0.2, -0.15) is 0 Å². The molecule has 5 heteroatoms. The Bertz CT molecular complexity index is 318. The van der Waals surface area contributed by atoms with Gasteiger partial charge in [0.05, 0.1) is 0 Å². The lowest BCUT2D eigenvalue weighted by molar-refractivity contribution is 0.0513. The predicted octanol–water partition coefficient (Wildman–Crippen LogP) is 2.21. The summed E-state index contributed by atoms with van der Waals surface area (Å²) >= 11 is 0. The topological polar surface area (TPSA) is 67.6 Å². The van der Waals surface area contributed by atoms with Gasteiger partial charge in [0.15, 0.2) is 0 Å². The van der Waals surface area contributed by atoms with E-state index in [9.17, 15) is 4.79 Å². The van der Waals surface area contributed by atoms with Crippen LogP contribution in [0.4, 0.5) is 4.79 Å². The van der Waals surface area contributed by atoms with Crippen molar-refractivity contribution >= 4 is 6.09 Å². The number of likely N-dealkylation sites (tertiary alicyclic amines) is 1. The quantitative estimate of drug-likeness (QED) is 0.817. The summed E-state index contributed by atoms with van der Waals surface area (Å²) in [5, 5.41) is 2.82. The number of alkyl carbamates (subject to hydrolysis) is 1. The van der Waals surface area contributed by atoms with Crippen LogP contribution in [0.15, 0.2) is 0 Å². The minimum absolute atomic E-state index is 0.338. The number of hydrogen-bond acceptors (Lipinski definition) is 4. The first-order chi connectivity index (χ1) is 9.71.